The Labute approximate surface area is 164 Å². The van der Waals surface area contributed by atoms with E-state index in [2.05, 4.69) is 10.1 Å². The maximum atomic E-state index is 13.0. The highest BCUT2D eigenvalue weighted by Crippen LogP contribution is 2.29. The first-order valence-corrected chi connectivity index (χ1v) is 8.71. The van der Waals surface area contributed by atoms with Crippen molar-refractivity contribution >= 4 is 5.91 Å². The molecule has 0 fully saturated rings. The highest BCUT2D eigenvalue weighted by atomic mass is 19.4. The minimum Gasteiger partial charge on any atom is -0.341 e. The summed E-state index contributed by atoms with van der Waals surface area (Å²) in [5, 5.41) is 3.81. The molecule has 0 aliphatic heterocycles. The molecule has 0 saturated heterocycles. The zero-order valence-electron chi connectivity index (χ0n) is 15.4. The zero-order chi connectivity index (χ0) is 21.0. The Hall–Kier alpha value is -3.23. The minimum absolute atomic E-state index is 0.0994. The van der Waals surface area contributed by atoms with Crippen molar-refractivity contribution in [2.24, 2.45) is 0 Å². The summed E-state index contributed by atoms with van der Waals surface area (Å²) in [4.78, 5) is 17.9. The predicted molar refractivity (Wildman–Crippen MR) is 95.9 cm³/mol. The molecule has 0 aliphatic rings. The summed E-state index contributed by atoms with van der Waals surface area (Å²) in [7, 11) is 1.57. The minimum atomic E-state index is -4.39. The van der Waals surface area contributed by atoms with Crippen LogP contribution in [0.5, 0.6) is 0 Å². The van der Waals surface area contributed by atoms with E-state index in [4.69, 9.17) is 4.52 Å². The Morgan fingerprint density at radius 3 is 2.34 bits per heavy atom. The highest BCUT2D eigenvalue weighted by Gasteiger charge is 2.30. The second-order valence-corrected chi connectivity index (χ2v) is 6.46. The van der Waals surface area contributed by atoms with Gasteiger partial charge in [0.25, 0.3) is 0 Å². The van der Waals surface area contributed by atoms with Gasteiger partial charge in [-0.1, -0.05) is 17.3 Å². The Kier molecular flexibility index (Phi) is 5.95. The molecule has 0 spiro atoms. The quantitative estimate of drug-likeness (QED) is 0.565. The fraction of sp³-hybridized carbons (Fsp3) is 0.250. The number of rotatable bonds is 6. The van der Waals surface area contributed by atoms with Gasteiger partial charge in [-0.2, -0.15) is 18.2 Å². The Morgan fingerprint density at radius 2 is 1.72 bits per heavy atom. The lowest BCUT2D eigenvalue weighted by Gasteiger charge is -2.17. The first-order chi connectivity index (χ1) is 13.7. The van der Waals surface area contributed by atoms with Gasteiger partial charge in [-0.05, 0) is 42.0 Å². The molecule has 1 aromatic heterocycles. The number of alkyl halides is 3. The van der Waals surface area contributed by atoms with Gasteiger partial charge in [0.05, 0.1) is 5.56 Å². The van der Waals surface area contributed by atoms with E-state index in [1.807, 2.05) is 0 Å². The molecule has 3 rings (SSSR count). The lowest BCUT2D eigenvalue weighted by molar-refractivity contribution is -0.137. The van der Waals surface area contributed by atoms with E-state index in [1.165, 1.54) is 41.3 Å². The molecule has 0 atom stereocenters. The van der Waals surface area contributed by atoms with E-state index in [0.717, 1.165) is 12.1 Å². The standard InChI is InChI=1S/C20H17F4N3O2/c1-27(12-13-2-6-15(7-3-13)20(22,23)24)18(28)11-10-17-25-19(26-29-17)14-4-8-16(21)9-5-14/h2-9H,10-12H2,1H3. The molecule has 0 saturated carbocycles. The van der Waals surface area contributed by atoms with E-state index < -0.39 is 11.7 Å². The third-order valence-corrected chi connectivity index (χ3v) is 4.25. The molecule has 1 heterocycles. The lowest BCUT2D eigenvalue weighted by atomic mass is 10.1. The first kappa shape index (κ1) is 20.5. The second-order valence-electron chi connectivity index (χ2n) is 6.46. The van der Waals surface area contributed by atoms with Crippen LogP contribution in [0.3, 0.4) is 0 Å². The molecule has 0 N–H and O–H groups in total. The number of hydrogen-bond acceptors (Lipinski definition) is 4. The molecule has 0 radical (unpaired) electrons. The van der Waals surface area contributed by atoms with E-state index >= 15 is 0 Å². The molecule has 0 unspecified atom stereocenters. The number of halogens is 4. The summed E-state index contributed by atoms with van der Waals surface area (Å²) >= 11 is 0. The molecule has 3 aromatic rings. The van der Waals surface area contributed by atoms with Crippen LogP contribution in [0.1, 0.15) is 23.4 Å². The fourth-order valence-electron chi connectivity index (χ4n) is 2.64. The first-order valence-electron chi connectivity index (χ1n) is 8.71. The molecule has 5 nitrogen and oxygen atoms in total. The van der Waals surface area contributed by atoms with Gasteiger partial charge in [0.2, 0.25) is 17.6 Å². The molecule has 2 aromatic carbocycles. The number of carbonyl (C=O) groups excluding carboxylic acids is 1. The van der Waals surface area contributed by atoms with Gasteiger partial charge in [0, 0.05) is 32.0 Å². The largest absolute Gasteiger partial charge is 0.416 e. The van der Waals surface area contributed by atoms with Crippen LogP contribution in [0.15, 0.2) is 53.1 Å². The maximum absolute atomic E-state index is 13.0. The fourth-order valence-corrected chi connectivity index (χ4v) is 2.64. The Balaban J connectivity index is 1.53. The molecule has 29 heavy (non-hydrogen) atoms. The predicted octanol–water partition coefficient (Wildman–Crippen LogP) is 4.49. The number of benzene rings is 2. The van der Waals surface area contributed by atoms with Crippen LogP contribution in [-0.2, 0) is 23.9 Å². The molecule has 0 aliphatic carbocycles. The number of aryl methyl sites for hydroxylation is 1. The molecular formula is C20H17F4N3O2. The van der Waals surface area contributed by atoms with Crippen molar-refractivity contribution in [3.8, 4) is 11.4 Å². The average molecular weight is 407 g/mol. The van der Waals surface area contributed by atoms with Gasteiger partial charge in [-0.15, -0.1) is 0 Å². The number of nitrogens with zero attached hydrogens (tertiary/aromatic N) is 3. The summed E-state index contributed by atoms with van der Waals surface area (Å²) in [6.07, 6.45) is -4.08. The monoisotopic (exact) mass is 407 g/mol. The zero-order valence-corrected chi connectivity index (χ0v) is 15.4. The summed E-state index contributed by atoms with van der Waals surface area (Å²) in [6.45, 7) is 0.182. The maximum Gasteiger partial charge on any atom is 0.416 e. The van der Waals surface area contributed by atoms with Crippen LogP contribution in [0.4, 0.5) is 17.6 Å². The van der Waals surface area contributed by atoms with E-state index in [9.17, 15) is 22.4 Å². The van der Waals surface area contributed by atoms with Crippen molar-refractivity contribution in [3.05, 3.63) is 71.4 Å². The van der Waals surface area contributed by atoms with Gasteiger partial charge in [-0.3, -0.25) is 4.79 Å². The number of amides is 1. The van der Waals surface area contributed by atoms with Crippen molar-refractivity contribution in [1.82, 2.24) is 15.0 Å². The lowest BCUT2D eigenvalue weighted by Crippen LogP contribution is -2.26. The Morgan fingerprint density at radius 1 is 1.07 bits per heavy atom. The van der Waals surface area contributed by atoms with Crippen LogP contribution in [0, 0.1) is 5.82 Å². The van der Waals surface area contributed by atoms with Gasteiger partial charge in [0.1, 0.15) is 5.82 Å². The van der Waals surface area contributed by atoms with Crippen molar-refractivity contribution in [2.75, 3.05) is 7.05 Å². The van der Waals surface area contributed by atoms with Crippen LogP contribution in [-0.4, -0.2) is 28.0 Å². The van der Waals surface area contributed by atoms with Crippen LogP contribution < -0.4 is 0 Å². The molecular weight excluding hydrogens is 390 g/mol. The van der Waals surface area contributed by atoms with E-state index in [1.54, 1.807) is 7.05 Å². The van der Waals surface area contributed by atoms with Gasteiger partial charge in [-0.25, -0.2) is 4.39 Å². The third-order valence-electron chi connectivity index (χ3n) is 4.25. The van der Waals surface area contributed by atoms with Gasteiger partial charge in [0.15, 0.2) is 0 Å². The van der Waals surface area contributed by atoms with Gasteiger partial charge < -0.3 is 9.42 Å². The van der Waals surface area contributed by atoms with Crippen LogP contribution in [0.2, 0.25) is 0 Å². The second kappa shape index (κ2) is 8.42. The normalized spacial score (nSPS) is 11.5. The molecule has 1 amide bonds. The van der Waals surface area contributed by atoms with Crippen molar-refractivity contribution in [3.63, 3.8) is 0 Å². The average Bonchev–Trinajstić information content (AvgIpc) is 3.15. The number of aromatic nitrogens is 2. The van der Waals surface area contributed by atoms with Crippen molar-refractivity contribution < 1.29 is 26.9 Å². The molecule has 0 bridgehead atoms. The van der Waals surface area contributed by atoms with Crippen LogP contribution in [0.25, 0.3) is 11.4 Å². The Bertz CT molecular complexity index is 967. The topological polar surface area (TPSA) is 59.2 Å². The van der Waals surface area contributed by atoms with E-state index in [-0.39, 0.29) is 37.0 Å². The van der Waals surface area contributed by atoms with Crippen molar-refractivity contribution in [2.45, 2.75) is 25.6 Å². The van der Waals surface area contributed by atoms with Crippen molar-refractivity contribution in [1.29, 1.82) is 0 Å². The van der Waals surface area contributed by atoms with Crippen LogP contribution >= 0.6 is 0 Å². The molecule has 152 valence electrons. The summed E-state index contributed by atoms with van der Waals surface area (Å²) in [5.74, 6) is -0.0308. The third kappa shape index (κ3) is 5.40. The molecule has 9 heteroatoms. The summed E-state index contributed by atoms with van der Waals surface area (Å²) in [6, 6.07) is 10.3. The number of hydrogen-bond donors (Lipinski definition) is 0. The van der Waals surface area contributed by atoms with Gasteiger partial charge >= 0.3 is 6.18 Å². The highest BCUT2D eigenvalue weighted by molar-refractivity contribution is 5.76. The van der Waals surface area contributed by atoms with E-state index in [0.29, 0.717) is 17.0 Å². The summed E-state index contributed by atoms with van der Waals surface area (Å²) < 4.78 is 55.9. The summed E-state index contributed by atoms with van der Waals surface area (Å²) in [5.41, 5.74) is 0.445. The smallest absolute Gasteiger partial charge is 0.341 e. The SMILES string of the molecule is CN(Cc1ccc(C(F)(F)F)cc1)C(=O)CCc1nc(-c2ccc(F)cc2)no1. The number of carbonyl (C=O) groups is 1.